The second-order valence-corrected chi connectivity index (χ2v) is 3.97. The van der Waals surface area contributed by atoms with E-state index in [2.05, 4.69) is 4.74 Å². The van der Waals surface area contributed by atoms with Gasteiger partial charge in [-0.05, 0) is 17.7 Å². The summed E-state index contributed by atoms with van der Waals surface area (Å²) in [5, 5.41) is 8.52. The van der Waals surface area contributed by atoms with Crippen molar-refractivity contribution in [1.82, 2.24) is 4.90 Å². The molecular weight excluding hydrogens is 229 g/mol. The van der Waals surface area contributed by atoms with Gasteiger partial charge in [0, 0.05) is 20.5 Å². The predicted octanol–water partition coefficient (Wildman–Crippen LogP) is 1.59. The van der Waals surface area contributed by atoms with Crippen LogP contribution in [0, 0.1) is 5.82 Å². The van der Waals surface area contributed by atoms with Gasteiger partial charge in [0.25, 0.3) is 0 Å². The van der Waals surface area contributed by atoms with Crippen LogP contribution in [0.1, 0.15) is 5.56 Å². The first kappa shape index (κ1) is 12.9. The highest BCUT2D eigenvalue weighted by Gasteiger charge is 2.07. The highest BCUT2D eigenvalue weighted by atomic mass is 32.1. The molecule has 0 radical (unpaired) electrons. The van der Waals surface area contributed by atoms with Crippen molar-refractivity contribution in [3.8, 4) is 5.75 Å². The van der Waals surface area contributed by atoms with Gasteiger partial charge in [-0.3, -0.25) is 0 Å². The van der Waals surface area contributed by atoms with Gasteiger partial charge in [0.15, 0.2) is 18.4 Å². The lowest BCUT2D eigenvalue weighted by molar-refractivity contribution is 0.0944. The van der Waals surface area contributed by atoms with E-state index in [0.717, 1.165) is 10.6 Å². The third kappa shape index (κ3) is 3.43. The fourth-order valence-corrected chi connectivity index (χ4v) is 1.34. The van der Waals surface area contributed by atoms with Crippen LogP contribution in [-0.2, 0) is 6.42 Å². The highest BCUT2D eigenvalue weighted by molar-refractivity contribution is 7.80. The number of thiocarbonyl (C=S) groups is 1. The Morgan fingerprint density at radius 2 is 2.19 bits per heavy atom. The molecule has 16 heavy (non-hydrogen) atoms. The molecule has 0 heterocycles. The van der Waals surface area contributed by atoms with E-state index in [1.54, 1.807) is 6.07 Å². The standard InChI is InChI=1S/C11H14FNO2S/c1-13(2)11(16)6-8-3-4-10(15-7-14)9(12)5-8/h3-5,14H,6-7H2,1-2H3. The van der Waals surface area contributed by atoms with Crippen molar-refractivity contribution in [3.63, 3.8) is 0 Å². The van der Waals surface area contributed by atoms with E-state index in [1.165, 1.54) is 12.1 Å². The molecule has 0 bridgehead atoms. The van der Waals surface area contributed by atoms with Crippen LogP contribution < -0.4 is 4.74 Å². The summed E-state index contributed by atoms with van der Waals surface area (Å²) >= 11 is 5.12. The van der Waals surface area contributed by atoms with E-state index in [1.807, 2.05) is 19.0 Å². The van der Waals surface area contributed by atoms with E-state index in [9.17, 15) is 4.39 Å². The van der Waals surface area contributed by atoms with Gasteiger partial charge in [-0.15, -0.1) is 0 Å². The van der Waals surface area contributed by atoms with Crippen molar-refractivity contribution in [2.45, 2.75) is 6.42 Å². The summed E-state index contributed by atoms with van der Waals surface area (Å²) in [7, 11) is 3.70. The van der Waals surface area contributed by atoms with E-state index in [4.69, 9.17) is 17.3 Å². The van der Waals surface area contributed by atoms with Crippen LogP contribution in [0.3, 0.4) is 0 Å². The first-order chi connectivity index (χ1) is 7.54. The highest BCUT2D eigenvalue weighted by Crippen LogP contribution is 2.18. The number of halogens is 1. The number of ether oxygens (including phenoxy) is 1. The molecule has 0 fully saturated rings. The molecule has 0 aromatic heterocycles. The fourth-order valence-electron chi connectivity index (χ4n) is 1.17. The van der Waals surface area contributed by atoms with Crippen molar-refractivity contribution in [3.05, 3.63) is 29.6 Å². The number of likely N-dealkylation sites (N-methyl/N-ethyl adjacent to an activating group) is 1. The minimum atomic E-state index is -0.535. The largest absolute Gasteiger partial charge is 0.465 e. The Bertz CT molecular complexity index is 382. The molecule has 0 unspecified atom stereocenters. The summed E-state index contributed by atoms with van der Waals surface area (Å²) in [6.45, 7) is -0.535. The second-order valence-electron chi connectivity index (χ2n) is 3.50. The Hall–Kier alpha value is -1.20. The average molecular weight is 243 g/mol. The summed E-state index contributed by atoms with van der Waals surface area (Å²) in [6.07, 6.45) is 0.513. The van der Waals surface area contributed by atoms with E-state index < -0.39 is 12.6 Å². The quantitative estimate of drug-likeness (QED) is 0.643. The Labute approximate surface area is 99.4 Å². The zero-order valence-electron chi connectivity index (χ0n) is 9.24. The third-order valence-corrected chi connectivity index (χ3v) is 2.58. The zero-order chi connectivity index (χ0) is 12.1. The lowest BCUT2D eigenvalue weighted by Crippen LogP contribution is -2.21. The number of aliphatic hydroxyl groups excluding tert-OH is 1. The smallest absolute Gasteiger partial charge is 0.186 e. The molecule has 1 aromatic carbocycles. The van der Waals surface area contributed by atoms with Gasteiger partial charge < -0.3 is 14.7 Å². The van der Waals surface area contributed by atoms with Gasteiger partial charge in [0.2, 0.25) is 0 Å². The van der Waals surface area contributed by atoms with Crippen LogP contribution in [0.25, 0.3) is 0 Å². The molecule has 0 aliphatic rings. The summed E-state index contributed by atoms with van der Waals surface area (Å²) < 4.78 is 18.1. The van der Waals surface area contributed by atoms with E-state index >= 15 is 0 Å². The van der Waals surface area contributed by atoms with Gasteiger partial charge in [0.1, 0.15) is 0 Å². The summed E-state index contributed by atoms with van der Waals surface area (Å²) in [5.74, 6) is -0.449. The summed E-state index contributed by atoms with van der Waals surface area (Å²) in [4.78, 5) is 2.54. The number of benzene rings is 1. The van der Waals surface area contributed by atoms with Crippen LogP contribution in [0.15, 0.2) is 18.2 Å². The van der Waals surface area contributed by atoms with Crippen LogP contribution in [0.5, 0.6) is 5.75 Å². The molecule has 0 aliphatic carbocycles. The Balaban J connectivity index is 2.77. The van der Waals surface area contributed by atoms with E-state index in [-0.39, 0.29) is 5.75 Å². The van der Waals surface area contributed by atoms with Gasteiger partial charge >= 0.3 is 0 Å². The molecule has 0 atom stereocenters. The molecule has 1 rings (SSSR count). The number of aliphatic hydroxyl groups is 1. The third-order valence-electron chi connectivity index (χ3n) is 2.07. The number of rotatable bonds is 4. The first-order valence-corrected chi connectivity index (χ1v) is 5.17. The van der Waals surface area contributed by atoms with Gasteiger partial charge in [-0.1, -0.05) is 18.3 Å². The predicted molar refractivity (Wildman–Crippen MR) is 64.1 cm³/mol. The maximum absolute atomic E-state index is 13.4. The normalized spacial score (nSPS) is 10.0. The molecule has 0 amide bonds. The Kier molecular flexibility index (Phi) is 4.64. The van der Waals surface area contributed by atoms with Gasteiger partial charge in [0.05, 0.1) is 4.99 Å². The maximum atomic E-state index is 13.4. The molecule has 5 heteroatoms. The average Bonchev–Trinajstić information content (AvgIpc) is 2.22. The van der Waals surface area contributed by atoms with Gasteiger partial charge in [-0.25, -0.2) is 4.39 Å². The molecule has 1 aromatic rings. The number of hydrogen-bond acceptors (Lipinski definition) is 3. The van der Waals surface area contributed by atoms with Crippen molar-refractivity contribution < 1.29 is 14.2 Å². The summed E-state index contributed by atoms with van der Waals surface area (Å²) in [6, 6.07) is 4.57. The minimum Gasteiger partial charge on any atom is -0.465 e. The maximum Gasteiger partial charge on any atom is 0.186 e. The van der Waals surface area contributed by atoms with Gasteiger partial charge in [-0.2, -0.15) is 0 Å². The SMILES string of the molecule is CN(C)C(=S)Cc1ccc(OCO)c(F)c1. The lowest BCUT2D eigenvalue weighted by Gasteiger charge is -2.13. The Morgan fingerprint density at radius 1 is 1.50 bits per heavy atom. The van der Waals surface area contributed by atoms with Crippen molar-refractivity contribution in [2.75, 3.05) is 20.9 Å². The molecule has 0 spiro atoms. The molecule has 0 saturated carbocycles. The zero-order valence-corrected chi connectivity index (χ0v) is 10.1. The molecule has 1 N–H and O–H groups in total. The van der Waals surface area contributed by atoms with E-state index in [0.29, 0.717) is 6.42 Å². The lowest BCUT2D eigenvalue weighted by atomic mass is 10.1. The monoisotopic (exact) mass is 243 g/mol. The fraction of sp³-hybridized carbons (Fsp3) is 0.364. The van der Waals surface area contributed by atoms with Crippen molar-refractivity contribution in [2.24, 2.45) is 0 Å². The van der Waals surface area contributed by atoms with Crippen molar-refractivity contribution in [1.29, 1.82) is 0 Å². The second kappa shape index (κ2) is 5.77. The topological polar surface area (TPSA) is 32.7 Å². The van der Waals surface area contributed by atoms with Crippen LogP contribution in [0.2, 0.25) is 0 Å². The number of hydrogen-bond donors (Lipinski definition) is 1. The number of nitrogens with zero attached hydrogens (tertiary/aromatic N) is 1. The summed E-state index contributed by atoms with van der Waals surface area (Å²) in [5.41, 5.74) is 0.779. The first-order valence-electron chi connectivity index (χ1n) is 4.77. The molecule has 0 saturated heterocycles. The minimum absolute atomic E-state index is 0.0435. The Morgan fingerprint density at radius 3 is 2.69 bits per heavy atom. The van der Waals surface area contributed by atoms with Crippen LogP contribution >= 0.6 is 12.2 Å². The molecule has 88 valence electrons. The van der Waals surface area contributed by atoms with Crippen LogP contribution in [-0.4, -0.2) is 35.9 Å². The molecular formula is C11H14FNO2S. The van der Waals surface area contributed by atoms with Crippen molar-refractivity contribution >= 4 is 17.2 Å². The molecule has 3 nitrogen and oxygen atoms in total. The molecule has 0 aliphatic heterocycles. The van der Waals surface area contributed by atoms with Crippen LogP contribution in [0.4, 0.5) is 4.39 Å².